The molecule has 1 aliphatic heterocycles. The van der Waals surface area contributed by atoms with Gasteiger partial charge < -0.3 is 14.6 Å². The lowest BCUT2D eigenvalue weighted by atomic mass is 10.0. The van der Waals surface area contributed by atoms with Crippen molar-refractivity contribution in [3.63, 3.8) is 0 Å². The van der Waals surface area contributed by atoms with Crippen molar-refractivity contribution in [3.05, 3.63) is 22.5 Å². The maximum Gasteiger partial charge on any atom is 0.340 e. The highest BCUT2D eigenvalue weighted by atomic mass is 16.5. The molecule has 0 bridgehead atoms. The van der Waals surface area contributed by atoms with Crippen LogP contribution in [0.15, 0.2) is 0 Å². The smallest absolute Gasteiger partial charge is 0.340 e. The Balaban J connectivity index is 2.34. The summed E-state index contributed by atoms with van der Waals surface area (Å²) in [5.74, 6) is -0.410. The van der Waals surface area contributed by atoms with Gasteiger partial charge in [0.1, 0.15) is 5.69 Å². The maximum absolute atomic E-state index is 12.8. The van der Waals surface area contributed by atoms with E-state index in [-0.39, 0.29) is 23.5 Å². The van der Waals surface area contributed by atoms with Crippen LogP contribution >= 0.6 is 0 Å². The Morgan fingerprint density at radius 2 is 1.91 bits per heavy atom. The molecule has 0 aromatic carbocycles. The quantitative estimate of drug-likeness (QED) is 0.872. The van der Waals surface area contributed by atoms with Crippen LogP contribution in [0.4, 0.5) is 0 Å². The van der Waals surface area contributed by atoms with E-state index in [9.17, 15) is 9.59 Å². The number of aromatic amines is 1. The summed E-state index contributed by atoms with van der Waals surface area (Å²) in [6, 6.07) is 0. The third kappa shape index (κ3) is 2.89. The molecule has 1 amide bonds. The van der Waals surface area contributed by atoms with Crippen molar-refractivity contribution < 1.29 is 14.3 Å². The van der Waals surface area contributed by atoms with Gasteiger partial charge in [0, 0.05) is 17.8 Å². The molecule has 1 saturated heterocycles. The number of carbonyl (C=O) groups is 2. The Morgan fingerprint density at radius 1 is 1.27 bits per heavy atom. The molecule has 122 valence electrons. The number of aromatic nitrogens is 1. The normalized spacial score (nSPS) is 17.1. The van der Waals surface area contributed by atoms with E-state index in [0.29, 0.717) is 22.5 Å². The van der Waals surface area contributed by atoms with Crippen LogP contribution in [0.25, 0.3) is 0 Å². The maximum atomic E-state index is 12.8. The Hall–Kier alpha value is -1.78. The molecule has 1 fully saturated rings. The molecule has 1 aromatic rings. The summed E-state index contributed by atoms with van der Waals surface area (Å²) < 4.78 is 5.27. The zero-order valence-corrected chi connectivity index (χ0v) is 14.4. The Kier molecular flexibility index (Phi) is 4.36. The first kappa shape index (κ1) is 16.6. The number of nitrogens with zero attached hydrogens (tertiary/aromatic N) is 1. The minimum atomic E-state index is -0.374. The number of aryl methyl sites for hydroxylation is 1. The average molecular weight is 306 g/mol. The monoisotopic (exact) mass is 306 g/mol. The number of esters is 1. The first-order valence-corrected chi connectivity index (χ1v) is 7.87. The highest BCUT2D eigenvalue weighted by Crippen LogP contribution is 2.31. The molecule has 0 saturated carbocycles. The summed E-state index contributed by atoms with van der Waals surface area (Å²) >= 11 is 0. The fourth-order valence-electron chi connectivity index (χ4n) is 3.16. The third-order valence-corrected chi connectivity index (χ3v) is 4.34. The predicted octanol–water partition coefficient (Wildman–Crippen LogP) is 3.21. The van der Waals surface area contributed by atoms with Crippen molar-refractivity contribution in [2.45, 2.75) is 66.0 Å². The van der Waals surface area contributed by atoms with E-state index in [0.717, 1.165) is 19.4 Å². The minimum Gasteiger partial charge on any atom is -0.459 e. The molecule has 1 aromatic heterocycles. The number of amides is 1. The molecule has 1 aliphatic rings. The lowest BCUT2D eigenvalue weighted by molar-refractivity contribution is 0.0376. The van der Waals surface area contributed by atoms with Crippen LogP contribution in [0.5, 0.6) is 0 Å². The fourth-order valence-corrected chi connectivity index (χ4v) is 3.16. The van der Waals surface area contributed by atoms with E-state index >= 15 is 0 Å². The number of hydrogen-bond acceptors (Lipinski definition) is 3. The first-order chi connectivity index (χ1) is 10.1. The molecule has 5 nitrogen and oxygen atoms in total. The Bertz CT molecular complexity index is 599. The van der Waals surface area contributed by atoms with Gasteiger partial charge in [-0.3, -0.25) is 4.79 Å². The molecule has 0 atom stereocenters. The molecule has 0 radical (unpaired) electrons. The van der Waals surface area contributed by atoms with Crippen LogP contribution in [0.2, 0.25) is 0 Å². The fraction of sp³-hybridized carbons (Fsp3) is 0.647. The highest BCUT2D eigenvalue weighted by Gasteiger charge is 2.37. The molecule has 2 heterocycles. The summed E-state index contributed by atoms with van der Waals surface area (Å²) in [6.45, 7) is 12.2. The van der Waals surface area contributed by atoms with Crippen molar-refractivity contribution in [3.8, 4) is 0 Å². The van der Waals surface area contributed by atoms with Crippen molar-refractivity contribution in [1.82, 2.24) is 9.88 Å². The summed E-state index contributed by atoms with van der Waals surface area (Å²) in [6.07, 6.45) is 1.83. The topological polar surface area (TPSA) is 62.4 Å². The van der Waals surface area contributed by atoms with Crippen molar-refractivity contribution in [2.75, 3.05) is 6.54 Å². The third-order valence-electron chi connectivity index (χ3n) is 4.34. The van der Waals surface area contributed by atoms with Crippen LogP contribution < -0.4 is 0 Å². The van der Waals surface area contributed by atoms with E-state index in [1.54, 1.807) is 13.8 Å². The van der Waals surface area contributed by atoms with Crippen molar-refractivity contribution >= 4 is 11.9 Å². The number of carbonyl (C=O) groups excluding carboxylic acids is 2. The van der Waals surface area contributed by atoms with Gasteiger partial charge in [-0.2, -0.15) is 0 Å². The van der Waals surface area contributed by atoms with Gasteiger partial charge in [-0.15, -0.1) is 0 Å². The van der Waals surface area contributed by atoms with Gasteiger partial charge in [-0.25, -0.2) is 4.79 Å². The predicted molar refractivity (Wildman–Crippen MR) is 85.2 cm³/mol. The van der Waals surface area contributed by atoms with E-state index in [1.165, 1.54) is 0 Å². The molecule has 22 heavy (non-hydrogen) atoms. The number of H-pyrrole nitrogens is 1. The molecule has 5 heteroatoms. The van der Waals surface area contributed by atoms with Gasteiger partial charge in [0.25, 0.3) is 5.91 Å². The standard InChI is InChI=1S/C17H26N2O3/c1-10(2)22-16(21)13-11(3)14(18-12(13)4)15(20)19-9-7-8-17(19,5)6/h10,18H,7-9H2,1-6H3. The highest BCUT2D eigenvalue weighted by molar-refractivity contribution is 6.00. The second kappa shape index (κ2) is 5.78. The number of likely N-dealkylation sites (tertiary alicyclic amines) is 1. The van der Waals surface area contributed by atoms with Gasteiger partial charge in [0.2, 0.25) is 0 Å². The molecule has 0 aliphatic carbocycles. The van der Waals surface area contributed by atoms with Crippen LogP contribution in [-0.2, 0) is 4.74 Å². The number of ether oxygens (including phenoxy) is 1. The number of hydrogen-bond donors (Lipinski definition) is 1. The van der Waals surface area contributed by atoms with E-state index < -0.39 is 0 Å². The molecule has 2 rings (SSSR count). The summed E-state index contributed by atoms with van der Waals surface area (Å²) in [5, 5.41) is 0. The lowest BCUT2D eigenvalue weighted by Crippen LogP contribution is -2.43. The van der Waals surface area contributed by atoms with E-state index in [2.05, 4.69) is 18.8 Å². The van der Waals surface area contributed by atoms with Crippen LogP contribution in [0.1, 0.15) is 72.6 Å². The largest absolute Gasteiger partial charge is 0.459 e. The van der Waals surface area contributed by atoms with Crippen molar-refractivity contribution in [1.29, 1.82) is 0 Å². The minimum absolute atomic E-state index is 0.0355. The SMILES string of the molecule is Cc1[nH]c(C(=O)N2CCCC2(C)C)c(C)c1C(=O)OC(C)C. The van der Waals surface area contributed by atoms with Gasteiger partial charge in [-0.05, 0) is 59.9 Å². The van der Waals surface area contributed by atoms with E-state index in [4.69, 9.17) is 4.74 Å². The van der Waals surface area contributed by atoms with E-state index in [1.807, 2.05) is 18.7 Å². The summed E-state index contributed by atoms with van der Waals surface area (Å²) in [4.78, 5) is 30.0. The van der Waals surface area contributed by atoms with Gasteiger partial charge in [0.05, 0.1) is 11.7 Å². The Labute approximate surface area is 132 Å². The summed E-state index contributed by atoms with van der Waals surface area (Å²) in [5.41, 5.74) is 2.21. The van der Waals surface area contributed by atoms with Gasteiger partial charge >= 0.3 is 5.97 Å². The average Bonchev–Trinajstić information content (AvgIpc) is 2.87. The molecular formula is C17H26N2O3. The lowest BCUT2D eigenvalue weighted by Gasteiger charge is -2.31. The van der Waals surface area contributed by atoms with Crippen LogP contribution in [-0.4, -0.2) is 39.9 Å². The van der Waals surface area contributed by atoms with Gasteiger partial charge in [-0.1, -0.05) is 0 Å². The first-order valence-electron chi connectivity index (χ1n) is 7.87. The molecule has 0 spiro atoms. The molecular weight excluding hydrogens is 280 g/mol. The van der Waals surface area contributed by atoms with Crippen LogP contribution in [0, 0.1) is 13.8 Å². The van der Waals surface area contributed by atoms with Gasteiger partial charge in [0.15, 0.2) is 0 Å². The summed E-state index contributed by atoms with van der Waals surface area (Å²) in [7, 11) is 0. The molecule has 1 N–H and O–H groups in total. The molecule has 0 unspecified atom stereocenters. The number of rotatable bonds is 3. The number of nitrogens with one attached hydrogen (secondary N) is 1. The van der Waals surface area contributed by atoms with Crippen LogP contribution in [0.3, 0.4) is 0 Å². The second-order valence-electron chi connectivity index (χ2n) is 6.95. The zero-order chi connectivity index (χ0) is 16.7. The van der Waals surface area contributed by atoms with Crippen molar-refractivity contribution in [2.24, 2.45) is 0 Å². The Morgan fingerprint density at radius 3 is 2.41 bits per heavy atom. The second-order valence-corrected chi connectivity index (χ2v) is 6.95. The zero-order valence-electron chi connectivity index (χ0n) is 14.4.